The zero-order chi connectivity index (χ0) is 13.8. The van der Waals surface area contributed by atoms with Crippen molar-refractivity contribution in [2.75, 3.05) is 32.8 Å². The fraction of sp³-hybridized carbons (Fsp3) is 0.625. The van der Waals surface area contributed by atoms with E-state index >= 15 is 0 Å². The van der Waals surface area contributed by atoms with E-state index in [1.165, 1.54) is 11.1 Å². The summed E-state index contributed by atoms with van der Waals surface area (Å²) in [5, 5.41) is 10.5. The van der Waals surface area contributed by atoms with E-state index in [1.54, 1.807) is 0 Å². The maximum Gasteiger partial charge on any atom is 0.0919 e. The Labute approximate surface area is 128 Å². The van der Waals surface area contributed by atoms with E-state index in [0.717, 1.165) is 31.9 Å². The number of hydrogen-bond donors (Lipinski definition) is 1. The predicted molar refractivity (Wildman–Crippen MR) is 84.7 cm³/mol. The van der Waals surface area contributed by atoms with Gasteiger partial charge in [0.25, 0.3) is 0 Å². The van der Waals surface area contributed by atoms with Crippen LogP contribution in [0.4, 0.5) is 0 Å². The van der Waals surface area contributed by atoms with Gasteiger partial charge in [0.1, 0.15) is 0 Å². The monoisotopic (exact) mass is 299 g/mol. The summed E-state index contributed by atoms with van der Waals surface area (Å²) in [5.41, 5.74) is 3.53. The van der Waals surface area contributed by atoms with Crippen LogP contribution < -0.4 is 0 Å². The van der Waals surface area contributed by atoms with E-state index < -0.39 is 6.10 Å². The summed E-state index contributed by atoms with van der Waals surface area (Å²) in [6.45, 7) is 10.5. The van der Waals surface area contributed by atoms with Gasteiger partial charge in [-0.05, 0) is 29.5 Å². The summed E-state index contributed by atoms with van der Waals surface area (Å²) in [5.74, 6) is 0.495. The van der Waals surface area contributed by atoms with Crippen LogP contribution in [-0.2, 0) is 4.74 Å². The number of aryl methyl sites for hydroxylation is 1. The minimum atomic E-state index is -0.406. The van der Waals surface area contributed by atoms with Crippen molar-refractivity contribution in [1.82, 2.24) is 4.90 Å². The summed E-state index contributed by atoms with van der Waals surface area (Å²) in [4.78, 5) is 2.27. The Kier molecular flexibility index (Phi) is 6.96. The maximum atomic E-state index is 10.5. The third-order valence-corrected chi connectivity index (χ3v) is 3.86. The molecule has 0 amide bonds. The van der Waals surface area contributed by atoms with Crippen molar-refractivity contribution in [3.8, 4) is 0 Å². The number of aliphatic hydroxyl groups excluding tert-OH is 1. The van der Waals surface area contributed by atoms with E-state index in [4.69, 9.17) is 4.74 Å². The molecule has 0 spiro atoms. The van der Waals surface area contributed by atoms with Gasteiger partial charge in [0.15, 0.2) is 0 Å². The van der Waals surface area contributed by atoms with Crippen LogP contribution in [0.1, 0.15) is 42.6 Å². The standard InChI is InChI=1S/C16H25NO2.ClH/c1-12(2)14-5-4-13(3)15(10-14)16(18)11-17-6-8-19-9-7-17;/h4-5,10,12,16,18H,6-9,11H2,1-3H3;1H. The number of ether oxygens (including phenoxy) is 1. The second kappa shape index (κ2) is 7.99. The SMILES string of the molecule is Cc1ccc(C(C)C)cc1C(O)CN1CCOCC1.Cl. The molecule has 114 valence electrons. The highest BCUT2D eigenvalue weighted by Gasteiger charge is 2.18. The topological polar surface area (TPSA) is 32.7 Å². The lowest BCUT2D eigenvalue weighted by molar-refractivity contribution is 0.0142. The molecule has 1 atom stereocenters. The zero-order valence-electron chi connectivity index (χ0n) is 12.6. The molecule has 1 aliphatic rings. The molecule has 1 saturated heterocycles. The largest absolute Gasteiger partial charge is 0.387 e. The van der Waals surface area contributed by atoms with Crippen LogP contribution in [-0.4, -0.2) is 42.9 Å². The smallest absolute Gasteiger partial charge is 0.0919 e. The Morgan fingerprint density at radius 3 is 2.50 bits per heavy atom. The van der Waals surface area contributed by atoms with Crippen LogP contribution in [0.5, 0.6) is 0 Å². The number of rotatable bonds is 4. The molecular formula is C16H26ClNO2. The molecule has 1 aliphatic heterocycles. The Bertz CT molecular complexity index is 417. The summed E-state index contributed by atoms with van der Waals surface area (Å²) in [6.07, 6.45) is -0.406. The Morgan fingerprint density at radius 1 is 1.25 bits per heavy atom. The number of hydrogen-bond acceptors (Lipinski definition) is 3. The molecule has 1 aromatic rings. The van der Waals surface area contributed by atoms with Gasteiger partial charge < -0.3 is 9.84 Å². The molecule has 0 bridgehead atoms. The molecule has 0 aromatic heterocycles. The van der Waals surface area contributed by atoms with Gasteiger partial charge >= 0.3 is 0 Å². The van der Waals surface area contributed by atoms with Crippen molar-refractivity contribution >= 4 is 12.4 Å². The van der Waals surface area contributed by atoms with Gasteiger partial charge in [0.05, 0.1) is 19.3 Å². The molecule has 20 heavy (non-hydrogen) atoms. The van der Waals surface area contributed by atoms with Crippen molar-refractivity contribution < 1.29 is 9.84 Å². The van der Waals surface area contributed by atoms with Gasteiger partial charge in [0, 0.05) is 19.6 Å². The van der Waals surface area contributed by atoms with Crippen molar-refractivity contribution in [1.29, 1.82) is 0 Å². The third-order valence-electron chi connectivity index (χ3n) is 3.86. The molecule has 1 N–H and O–H groups in total. The molecule has 0 radical (unpaired) electrons. The number of aliphatic hydroxyl groups is 1. The predicted octanol–water partition coefficient (Wildman–Crippen LogP) is 2.91. The summed E-state index contributed by atoms with van der Waals surface area (Å²) < 4.78 is 5.34. The molecule has 4 heteroatoms. The van der Waals surface area contributed by atoms with Gasteiger partial charge in [-0.15, -0.1) is 12.4 Å². The van der Waals surface area contributed by atoms with Gasteiger partial charge in [-0.1, -0.05) is 32.0 Å². The Balaban J connectivity index is 0.00000200. The van der Waals surface area contributed by atoms with E-state index in [9.17, 15) is 5.11 Å². The molecule has 1 fully saturated rings. The Morgan fingerprint density at radius 2 is 1.90 bits per heavy atom. The molecule has 1 aromatic carbocycles. The molecule has 0 saturated carbocycles. The first-order valence-electron chi connectivity index (χ1n) is 7.16. The highest BCUT2D eigenvalue weighted by atomic mass is 35.5. The minimum Gasteiger partial charge on any atom is -0.387 e. The average molecular weight is 300 g/mol. The van der Waals surface area contributed by atoms with Crippen LogP contribution in [0, 0.1) is 6.92 Å². The number of β-amino-alcohol motifs (C(OH)–C–C–N with tert-alkyl or cyclic N) is 1. The lowest BCUT2D eigenvalue weighted by Gasteiger charge is -2.29. The van der Waals surface area contributed by atoms with Gasteiger partial charge in [-0.2, -0.15) is 0 Å². The summed E-state index contributed by atoms with van der Waals surface area (Å²) in [6, 6.07) is 6.43. The quantitative estimate of drug-likeness (QED) is 0.928. The van der Waals surface area contributed by atoms with Gasteiger partial charge in [-0.25, -0.2) is 0 Å². The van der Waals surface area contributed by atoms with Crippen LogP contribution in [0.2, 0.25) is 0 Å². The van der Waals surface area contributed by atoms with Gasteiger partial charge in [0.2, 0.25) is 0 Å². The summed E-state index contributed by atoms with van der Waals surface area (Å²) >= 11 is 0. The molecule has 1 unspecified atom stereocenters. The van der Waals surface area contributed by atoms with E-state index in [1.807, 2.05) is 0 Å². The summed E-state index contributed by atoms with van der Waals surface area (Å²) in [7, 11) is 0. The molecule has 2 rings (SSSR count). The van der Waals surface area contributed by atoms with Crippen molar-refractivity contribution in [2.24, 2.45) is 0 Å². The maximum absolute atomic E-state index is 10.5. The van der Waals surface area contributed by atoms with E-state index in [-0.39, 0.29) is 12.4 Å². The number of halogens is 1. The lowest BCUT2D eigenvalue weighted by atomic mass is 9.95. The number of benzene rings is 1. The normalized spacial score (nSPS) is 17.9. The molecule has 0 aliphatic carbocycles. The fourth-order valence-electron chi connectivity index (χ4n) is 2.50. The second-order valence-electron chi connectivity index (χ2n) is 5.70. The first kappa shape index (κ1) is 17.4. The number of morpholine rings is 1. The van der Waals surface area contributed by atoms with E-state index in [2.05, 4.69) is 43.9 Å². The van der Waals surface area contributed by atoms with Crippen molar-refractivity contribution in [3.05, 3.63) is 34.9 Å². The second-order valence-corrected chi connectivity index (χ2v) is 5.70. The van der Waals surface area contributed by atoms with E-state index in [0.29, 0.717) is 12.5 Å². The zero-order valence-corrected chi connectivity index (χ0v) is 13.4. The highest BCUT2D eigenvalue weighted by Crippen LogP contribution is 2.24. The van der Waals surface area contributed by atoms with Gasteiger partial charge in [-0.3, -0.25) is 4.90 Å². The minimum absolute atomic E-state index is 0. The molecular weight excluding hydrogens is 274 g/mol. The number of nitrogens with zero attached hydrogens (tertiary/aromatic N) is 1. The van der Waals surface area contributed by atoms with Crippen LogP contribution in [0.3, 0.4) is 0 Å². The third kappa shape index (κ3) is 4.45. The Hall–Kier alpha value is -0.610. The fourth-order valence-corrected chi connectivity index (χ4v) is 2.50. The average Bonchev–Trinajstić information content (AvgIpc) is 2.40. The van der Waals surface area contributed by atoms with Crippen molar-refractivity contribution in [3.63, 3.8) is 0 Å². The molecule has 1 heterocycles. The van der Waals surface area contributed by atoms with Crippen molar-refractivity contribution in [2.45, 2.75) is 32.8 Å². The van der Waals surface area contributed by atoms with Crippen LogP contribution in [0.25, 0.3) is 0 Å². The highest BCUT2D eigenvalue weighted by molar-refractivity contribution is 5.85. The first-order chi connectivity index (χ1) is 9.08. The first-order valence-corrected chi connectivity index (χ1v) is 7.16. The lowest BCUT2D eigenvalue weighted by Crippen LogP contribution is -2.38. The van der Waals surface area contributed by atoms with Crippen LogP contribution >= 0.6 is 12.4 Å². The molecule has 3 nitrogen and oxygen atoms in total. The van der Waals surface area contributed by atoms with Crippen LogP contribution in [0.15, 0.2) is 18.2 Å².